The number of aromatic nitrogens is 6. The number of azo groups is 1. The summed E-state index contributed by atoms with van der Waals surface area (Å²) >= 11 is 0. The first kappa shape index (κ1) is 19.8. The van der Waals surface area contributed by atoms with Crippen LogP contribution in [0.3, 0.4) is 0 Å². The van der Waals surface area contributed by atoms with E-state index in [-0.39, 0.29) is 28.8 Å². The van der Waals surface area contributed by atoms with Crippen LogP contribution < -0.4 is 15.2 Å². The lowest BCUT2D eigenvalue weighted by Crippen LogP contribution is -2.26. The van der Waals surface area contributed by atoms with Crippen LogP contribution >= 0.6 is 0 Å². The summed E-state index contributed by atoms with van der Waals surface area (Å²) in [5, 5.41) is 25.7. The molecule has 16 heteroatoms. The Morgan fingerprint density at radius 2 is 1.97 bits per heavy atom. The Labute approximate surface area is 163 Å². The van der Waals surface area contributed by atoms with E-state index in [4.69, 9.17) is 5.73 Å². The number of hydrogen-bond donors (Lipinski definition) is 4. The number of nitrogens with zero attached hydrogens (tertiary/aromatic N) is 8. The molecular weight excluding hydrogens is 406 g/mol. The molecule has 152 valence electrons. The van der Waals surface area contributed by atoms with Crippen molar-refractivity contribution >= 4 is 33.4 Å². The third kappa shape index (κ3) is 4.01. The van der Waals surface area contributed by atoms with E-state index in [0.29, 0.717) is 0 Å². The monoisotopic (exact) mass is 421 g/mol. The molecule has 0 saturated carbocycles. The zero-order valence-corrected chi connectivity index (χ0v) is 15.9. The van der Waals surface area contributed by atoms with Crippen LogP contribution in [0.15, 0.2) is 34.9 Å². The zero-order valence-electron chi connectivity index (χ0n) is 15.0. The van der Waals surface area contributed by atoms with Gasteiger partial charge in [0.25, 0.3) is 22.1 Å². The fourth-order valence-electron chi connectivity index (χ4n) is 2.10. The van der Waals surface area contributed by atoms with Gasteiger partial charge in [-0.05, 0) is 6.07 Å². The second-order valence-electron chi connectivity index (χ2n) is 5.36. The van der Waals surface area contributed by atoms with Crippen molar-refractivity contribution in [2.24, 2.45) is 23.0 Å². The van der Waals surface area contributed by atoms with Crippen LogP contribution in [0, 0.1) is 0 Å². The molecule has 0 aliphatic rings. The molecule has 0 saturated heterocycles. The van der Waals surface area contributed by atoms with Crippen LogP contribution in [-0.4, -0.2) is 56.0 Å². The van der Waals surface area contributed by atoms with E-state index in [9.17, 15) is 18.3 Å². The van der Waals surface area contributed by atoms with Crippen molar-refractivity contribution in [1.82, 2.24) is 34.3 Å². The molecule has 15 nitrogen and oxygen atoms in total. The molecule has 3 aromatic rings. The highest BCUT2D eigenvalue weighted by molar-refractivity contribution is 7.90. The minimum atomic E-state index is -3.94. The van der Waals surface area contributed by atoms with Gasteiger partial charge in [-0.1, -0.05) is 0 Å². The first-order chi connectivity index (χ1) is 13.7. The molecule has 0 aliphatic heterocycles. The standard InChI is InChI=1S/C13H15N11O4S/c1-15-29(27,28)22-10-8(12(26)23(2)21-10)19-20-11-7(9(14)25)6-18-24(11)13-16-4-3-5-17-13/h3-6,15,26H,1-2H3,(H2,14,25)(H,21,22). The molecule has 3 rings (SSSR count). The molecule has 0 aliphatic carbocycles. The fourth-order valence-corrected chi connectivity index (χ4v) is 2.59. The number of aryl methyl sites for hydroxylation is 1. The maximum Gasteiger partial charge on any atom is 0.300 e. The minimum absolute atomic E-state index is 0.0838. The Hall–Kier alpha value is -3.92. The summed E-state index contributed by atoms with van der Waals surface area (Å²) in [6, 6.07) is 1.58. The lowest BCUT2D eigenvalue weighted by atomic mass is 10.3. The Kier molecular flexibility index (Phi) is 5.20. The predicted molar refractivity (Wildman–Crippen MR) is 98.3 cm³/mol. The van der Waals surface area contributed by atoms with E-state index < -0.39 is 22.0 Å². The second kappa shape index (κ2) is 7.60. The van der Waals surface area contributed by atoms with Gasteiger partial charge >= 0.3 is 0 Å². The van der Waals surface area contributed by atoms with Gasteiger partial charge in [-0.3, -0.25) is 9.52 Å². The minimum Gasteiger partial charge on any atom is -0.492 e. The number of carbonyl (C=O) groups excluding carboxylic acids is 1. The maximum atomic E-state index is 11.7. The largest absolute Gasteiger partial charge is 0.492 e. The lowest BCUT2D eigenvalue weighted by Gasteiger charge is -2.03. The molecule has 0 fully saturated rings. The number of anilines is 1. The van der Waals surface area contributed by atoms with Gasteiger partial charge in [0.1, 0.15) is 5.56 Å². The van der Waals surface area contributed by atoms with Crippen molar-refractivity contribution in [1.29, 1.82) is 0 Å². The normalized spacial score (nSPS) is 11.8. The van der Waals surface area contributed by atoms with Crippen molar-refractivity contribution in [3.8, 4) is 11.8 Å². The van der Waals surface area contributed by atoms with E-state index >= 15 is 0 Å². The topological polar surface area (TPSA) is 208 Å². The number of primary amides is 1. The molecule has 0 spiro atoms. The number of hydrogen-bond acceptors (Lipinski definition) is 10. The molecule has 5 N–H and O–H groups in total. The number of aromatic hydroxyl groups is 1. The fraction of sp³-hybridized carbons (Fsp3) is 0.154. The van der Waals surface area contributed by atoms with Gasteiger partial charge in [0.15, 0.2) is 17.3 Å². The third-order valence-corrected chi connectivity index (χ3v) is 4.49. The smallest absolute Gasteiger partial charge is 0.300 e. The van der Waals surface area contributed by atoms with Crippen LogP contribution in [0.5, 0.6) is 5.88 Å². The Bertz CT molecular complexity index is 1180. The van der Waals surface area contributed by atoms with Crippen LogP contribution in [0.4, 0.5) is 17.3 Å². The SMILES string of the molecule is CNS(=O)(=O)Nc1nn(C)c(O)c1N=Nc1c(C(N)=O)cnn1-c1ncccn1. The lowest BCUT2D eigenvalue weighted by molar-refractivity contribution is 0.100. The second-order valence-corrected chi connectivity index (χ2v) is 6.98. The van der Waals surface area contributed by atoms with Crippen LogP contribution in [0.1, 0.15) is 10.4 Å². The average Bonchev–Trinajstić information content (AvgIpc) is 3.22. The van der Waals surface area contributed by atoms with Crippen LogP contribution in [0.25, 0.3) is 5.95 Å². The summed E-state index contributed by atoms with van der Waals surface area (Å²) in [6.45, 7) is 0. The van der Waals surface area contributed by atoms with Crippen molar-refractivity contribution in [2.75, 3.05) is 11.8 Å². The molecular formula is C13H15N11O4S. The molecule has 3 aromatic heterocycles. The highest BCUT2D eigenvalue weighted by Gasteiger charge is 2.22. The van der Waals surface area contributed by atoms with Crippen molar-refractivity contribution < 1.29 is 18.3 Å². The number of carbonyl (C=O) groups is 1. The molecule has 0 unspecified atom stereocenters. The maximum absolute atomic E-state index is 11.7. The Morgan fingerprint density at radius 3 is 2.59 bits per heavy atom. The predicted octanol–water partition coefficient (Wildman–Crippen LogP) is -0.508. The first-order valence-electron chi connectivity index (χ1n) is 7.77. The van der Waals surface area contributed by atoms with E-state index in [0.717, 1.165) is 15.6 Å². The summed E-state index contributed by atoms with van der Waals surface area (Å²) in [4.78, 5) is 19.7. The quantitative estimate of drug-likeness (QED) is 0.364. The molecule has 0 radical (unpaired) electrons. The number of nitrogens with two attached hydrogens (primary N) is 1. The highest BCUT2D eigenvalue weighted by atomic mass is 32.2. The molecule has 0 bridgehead atoms. The Morgan fingerprint density at radius 1 is 1.28 bits per heavy atom. The van der Waals surface area contributed by atoms with E-state index in [2.05, 4.69) is 35.1 Å². The first-order valence-corrected chi connectivity index (χ1v) is 9.26. The van der Waals surface area contributed by atoms with Gasteiger partial charge < -0.3 is 10.8 Å². The van der Waals surface area contributed by atoms with Gasteiger partial charge in [-0.2, -0.15) is 18.2 Å². The van der Waals surface area contributed by atoms with E-state index in [1.165, 1.54) is 26.5 Å². The average molecular weight is 421 g/mol. The van der Waals surface area contributed by atoms with Gasteiger partial charge in [0.2, 0.25) is 5.88 Å². The van der Waals surface area contributed by atoms with Gasteiger partial charge in [0.05, 0.1) is 6.20 Å². The van der Waals surface area contributed by atoms with Gasteiger partial charge in [-0.25, -0.2) is 19.4 Å². The van der Waals surface area contributed by atoms with Crippen LogP contribution in [-0.2, 0) is 17.3 Å². The highest BCUT2D eigenvalue weighted by Crippen LogP contribution is 2.36. The Balaban J connectivity index is 2.09. The van der Waals surface area contributed by atoms with E-state index in [1.54, 1.807) is 6.07 Å². The summed E-state index contributed by atoms with van der Waals surface area (Å²) in [6.07, 6.45) is 4.06. The molecule has 1 amide bonds. The summed E-state index contributed by atoms with van der Waals surface area (Å²) in [5.74, 6) is -1.67. The number of nitrogens with one attached hydrogen (secondary N) is 2. The number of rotatable bonds is 7. The molecule has 3 heterocycles. The van der Waals surface area contributed by atoms with Crippen LogP contribution in [0.2, 0.25) is 0 Å². The van der Waals surface area contributed by atoms with E-state index in [1.807, 2.05) is 4.72 Å². The summed E-state index contributed by atoms with van der Waals surface area (Å²) in [5.41, 5.74) is 4.94. The van der Waals surface area contributed by atoms with Crippen molar-refractivity contribution in [3.05, 3.63) is 30.2 Å². The van der Waals surface area contributed by atoms with Crippen molar-refractivity contribution in [3.63, 3.8) is 0 Å². The molecule has 29 heavy (non-hydrogen) atoms. The zero-order chi connectivity index (χ0) is 21.2. The summed E-state index contributed by atoms with van der Waals surface area (Å²) in [7, 11) is -1.40. The van der Waals surface area contributed by atoms with Gasteiger partial charge in [0, 0.05) is 26.5 Å². The van der Waals surface area contributed by atoms with Gasteiger partial charge in [-0.15, -0.1) is 15.3 Å². The summed E-state index contributed by atoms with van der Waals surface area (Å²) < 4.78 is 29.7. The molecule has 0 atom stereocenters. The molecule has 0 aromatic carbocycles. The van der Waals surface area contributed by atoms with Crippen molar-refractivity contribution in [2.45, 2.75) is 0 Å². The third-order valence-electron chi connectivity index (χ3n) is 3.49. The number of amides is 1.